The largest absolute Gasteiger partial charge is 0.397 e. The maximum Gasteiger partial charge on any atom is 0.224 e. The van der Waals surface area contributed by atoms with Crippen LogP contribution in [0.15, 0.2) is 12.1 Å². The van der Waals surface area contributed by atoms with Crippen molar-refractivity contribution in [1.82, 2.24) is 0 Å². The molecule has 0 spiro atoms. The predicted molar refractivity (Wildman–Crippen MR) is 78.4 cm³/mol. The van der Waals surface area contributed by atoms with Gasteiger partial charge in [-0.2, -0.15) is 0 Å². The van der Waals surface area contributed by atoms with E-state index in [0.717, 1.165) is 48.1 Å². The maximum absolute atomic E-state index is 11.5. The van der Waals surface area contributed by atoms with Crippen LogP contribution in [0.3, 0.4) is 0 Å². The normalized spacial score (nSPS) is 17.8. The fourth-order valence-corrected chi connectivity index (χ4v) is 2.72. The molecule has 19 heavy (non-hydrogen) atoms. The van der Waals surface area contributed by atoms with Crippen LogP contribution in [-0.4, -0.2) is 19.0 Å². The minimum Gasteiger partial charge on any atom is -0.397 e. The van der Waals surface area contributed by atoms with Gasteiger partial charge in [0.15, 0.2) is 0 Å². The monoisotopic (exact) mass is 259 g/mol. The zero-order valence-corrected chi connectivity index (χ0v) is 11.4. The van der Waals surface area contributed by atoms with Crippen molar-refractivity contribution in [2.24, 2.45) is 5.92 Å². The highest BCUT2D eigenvalue weighted by atomic mass is 16.1. The van der Waals surface area contributed by atoms with Gasteiger partial charge in [0, 0.05) is 25.2 Å². The first kappa shape index (κ1) is 12.3. The van der Waals surface area contributed by atoms with Gasteiger partial charge in [0.25, 0.3) is 0 Å². The molecule has 102 valence electrons. The number of anilines is 3. The lowest BCUT2D eigenvalue weighted by molar-refractivity contribution is -0.116. The number of nitrogens with one attached hydrogen (secondary N) is 1. The molecule has 3 N–H and O–H groups in total. The van der Waals surface area contributed by atoms with E-state index in [1.54, 1.807) is 0 Å². The maximum atomic E-state index is 11.5. The van der Waals surface area contributed by atoms with Gasteiger partial charge < -0.3 is 16.0 Å². The van der Waals surface area contributed by atoms with Gasteiger partial charge in [0.1, 0.15) is 0 Å². The number of fused-ring (bicyclic) bond motifs is 1. The number of benzene rings is 1. The third-order valence-electron chi connectivity index (χ3n) is 4.05. The summed E-state index contributed by atoms with van der Waals surface area (Å²) in [6.45, 7) is 4.18. The Morgan fingerprint density at radius 1 is 1.37 bits per heavy atom. The summed E-state index contributed by atoms with van der Waals surface area (Å²) >= 11 is 0. The highest BCUT2D eigenvalue weighted by Gasteiger charge is 2.25. The number of rotatable bonds is 4. The van der Waals surface area contributed by atoms with Gasteiger partial charge in [-0.05, 0) is 49.8 Å². The number of carbonyl (C=O) groups is 1. The predicted octanol–water partition coefficient (Wildman–Crippen LogP) is 2.39. The van der Waals surface area contributed by atoms with Crippen LogP contribution in [0.1, 0.15) is 31.7 Å². The highest BCUT2D eigenvalue weighted by Crippen LogP contribution is 2.36. The molecule has 0 unspecified atom stereocenters. The Morgan fingerprint density at radius 2 is 2.16 bits per heavy atom. The van der Waals surface area contributed by atoms with Gasteiger partial charge in [-0.3, -0.25) is 4.79 Å². The second-order valence-electron chi connectivity index (χ2n) is 5.60. The first-order valence-corrected chi connectivity index (χ1v) is 7.14. The molecule has 2 aliphatic rings. The quantitative estimate of drug-likeness (QED) is 0.816. The summed E-state index contributed by atoms with van der Waals surface area (Å²) < 4.78 is 0. The molecule has 1 amide bonds. The second kappa shape index (κ2) is 4.76. The average Bonchev–Trinajstić information content (AvgIpc) is 3.20. The van der Waals surface area contributed by atoms with Gasteiger partial charge in [0.2, 0.25) is 5.91 Å². The second-order valence-corrected chi connectivity index (χ2v) is 5.60. The number of nitrogens with two attached hydrogens (primary N) is 1. The van der Waals surface area contributed by atoms with Crippen LogP contribution in [0, 0.1) is 5.92 Å². The molecule has 1 aromatic rings. The van der Waals surface area contributed by atoms with E-state index >= 15 is 0 Å². The van der Waals surface area contributed by atoms with E-state index in [9.17, 15) is 4.79 Å². The number of carbonyl (C=O) groups excluding carboxylic acids is 1. The number of nitrogen functional groups attached to an aromatic ring is 1. The summed E-state index contributed by atoms with van der Waals surface area (Å²) in [5.74, 6) is 0.929. The van der Waals surface area contributed by atoms with Crippen LogP contribution in [0.5, 0.6) is 0 Å². The number of amides is 1. The summed E-state index contributed by atoms with van der Waals surface area (Å²) in [7, 11) is 0. The van der Waals surface area contributed by atoms with Gasteiger partial charge in [-0.15, -0.1) is 0 Å². The highest BCUT2D eigenvalue weighted by molar-refractivity contribution is 5.95. The molecule has 4 nitrogen and oxygen atoms in total. The summed E-state index contributed by atoms with van der Waals surface area (Å²) in [6.07, 6.45) is 4.02. The van der Waals surface area contributed by atoms with E-state index in [1.807, 2.05) is 12.1 Å². The van der Waals surface area contributed by atoms with Crippen molar-refractivity contribution in [2.75, 3.05) is 29.0 Å². The Kier molecular flexibility index (Phi) is 3.09. The van der Waals surface area contributed by atoms with Crippen molar-refractivity contribution in [1.29, 1.82) is 0 Å². The molecule has 4 heteroatoms. The van der Waals surface area contributed by atoms with E-state index in [0.29, 0.717) is 6.42 Å². The molecule has 1 aromatic carbocycles. The fourth-order valence-electron chi connectivity index (χ4n) is 2.72. The fraction of sp³-hybridized carbons (Fsp3) is 0.533. The van der Waals surface area contributed by atoms with Gasteiger partial charge in [-0.25, -0.2) is 0 Å². The Bertz CT molecular complexity index is 508. The van der Waals surface area contributed by atoms with E-state index in [1.165, 1.54) is 12.8 Å². The molecule has 3 rings (SSSR count). The molecule has 0 saturated heterocycles. The van der Waals surface area contributed by atoms with Crippen molar-refractivity contribution in [3.8, 4) is 0 Å². The third kappa shape index (κ3) is 2.53. The van der Waals surface area contributed by atoms with Crippen molar-refractivity contribution in [3.05, 3.63) is 17.7 Å². The summed E-state index contributed by atoms with van der Waals surface area (Å²) in [5.41, 5.74) is 10.2. The van der Waals surface area contributed by atoms with Crippen molar-refractivity contribution >= 4 is 23.0 Å². The van der Waals surface area contributed by atoms with Crippen molar-refractivity contribution < 1.29 is 4.79 Å². The lowest BCUT2D eigenvalue weighted by Gasteiger charge is -2.27. The number of nitrogens with zero attached hydrogens (tertiary/aromatic N) is 1. The lowest BCUT2D eigenvalue weighted by atomic mass is 10.0. The number of hydrogen-bond acceptors (Lipinski definition) is 3. The smallest absolute Gasteiger partial charge is 0.224 e. The van der Waals surface area contributed by atoms with Crippen LogP contribution in [-0.2, 0) is 11.2 Å². The number of aryl methyl sites for hydroxylation is 1. The zero-order valence-electron chi connectivity index (χ0n) is 11.4. The molecule has 0 bridgehead atoms. The molecule has 0 radical (unpaired) electrons. The molecular formula is C15H21N3O. The summed E-state index contributed by atoms with van der Waals surface area (Å²) in [5, 5.41) is 2.95. The summed E-state index contributed by atoms with van der Waals surface area (Å²) in [4.78, 5) is 13.8. The minimum atomic E-state index is 0.105. The molecule has 1 saturated carbocycles. The van der Waals surface area contributed by atoms with Crippen LogP contribution in [0.4, 0.5) is 17.1 Å². The first-order valence-electron chi connectivity index (χ1n) is 7.14. The van der Waals surface area contributed by atoms with Crippen LogP contribution in [0.2, 0.25) is 0 Å². The first-order chi connectivity index (χ1) is 9.17. The molecular weight excluding hydrogens is 238 g/mol. The Morgan fingerprint density at radius 3 is 2.84 bits per heavy atom. The Labute approximate surface area is 114 Å². The zero-order chi connectivity index (χ0) is 13.4. The Balaban J connectivity index is 1.91. The molecule has 0 atom stereocenters. The average molecular weight is 259 g/mol. The van der Waals surface area contributed by atoms with E-state index in [4.69, 9.17) is 5.73 Å². The molecule has 1 fully saturated rings. The number of hydrogen-bond donors (Lipinski definition) is 2. The lowest BCUT2D eigenvalue weighted by Crippen LogP contribution is -2.27. The third-order valence-corrected chi connectivity index (χ3v) is 4.05. The molecule has 1 aliphatic heterocycles. The van der Waals surface area contributed by atoms with Crippen molar-refractivity contribution in [3.63, 3.8) is 0 Å². The molecule has 1 heterocycles. The van der Waals surface area contributed by atoms with Crippen LogP contribution < -0.4 is 16.0 Å². The van der Waals surface area contributed by atoms with Gasteiger partial charge >= 0.3 is 0 Å². The van der Waals surface area contributed by atoms with E-state index < -0.39 is 0 Å². The molecule has 0 aromatic heterocycles. The minimum absolute atomic E-state index is 0.105. The van der Waals surface area contributed by atoms with E-state index in [-0.39, 0.29) is 5.91 Å². The van der Waals surface area contributed by atoms with E-state index in [2.05, 4.69) is 17.1 Å². The van der Waals surface area contributed by atoms with Gasteiger partial charge in [0.05, 0.1) is 11.4 Å². The summed E-state index contributed by atoms with van der Waals surface area (Å²) in [6, 6.07) is 4.08. The SMILES string of the molecule is CCN(CC1CC1)c1cc2c(cc1N)CCC(=O)N2. The topological polar surface area (TPSA) is 58.4 Å². The van der Waals surface area contributed by atoms with Crippen molar-refractivity contribution in [2.45, 2.75) is 32.6 Å². The van der Waals surface area contributed by atoms with Crippen LogP contribution in [0.25, 0.3) is 0 Å². The standard InChI is InChI=1S/C15H21N3O/c1-2-18(9-10-3-4-10)14-8-13-11(7-12(14)16)5-6-15(19)17-13/h7-8,10H,2-6,9,16H2,1H3,(H,17,19). The van der Waals surface area contributed by atoms with Crippen LogP contribution >= 0.6 is 0 Å². The van der Waals surface area contributed by atoms with Gasteiger partial charge in [-0.1, -0.05) is 0 Å². The molecule has 1 aliphatic carbocycles. The Hall–Kier alpha value is -1.71.